The molecular formula is C20H25N3O2. The predicted octanol–water partition coefficient (Wildman–Crippen LogP) is 3.57. The molecule has 2 aliphatic carbocycles. The lowest BCUT2D eigenvalue weighted by atomic mass is 9.88. The second-order valence-electron chi connectivity index (χ2n) is 7.47. The lowest BCUT2D eigenvalue weighted by molar-refractivity contribution is -0.120. The summed E-state index contributed by atoms with van der Waals surface area (Å²) >= 11 is 0. The molecule has 2 saturated carbocycles. The van der Waals surface area contributed by atoms with Gasteiger partial charge in [-0.1, -0.05) is 24.1 Å². The first-order valence-electron chi connectivity index (χ1n) is 9.18. The number of ether oxygens (including phenoxy) is 1. The maximum absolute atomic E-state index is 12.8. The maximum atomic E-state index is 12.8. The number of H-pyrrole nitrogens is 1. The van der Waals surface area contributed by atoms with E-state index in [1.165, 1.54) is 31.2 Å². The third-order valence-corrected chi connectivity index (χ3v) is 5.75. The molecule has 3 unspecified atom stereocenters. The summed E-state index contributed by atoms with van der Waals surface area (Å²) in [6.45, 7) is 2.82. The van der Waals surface area contributed by atoms with E-state index >= 15 is 0 Å². The summed E-state index contributed by atoms with van der Waals surface area (Å²) in [6, 6.07) is 9.63. The molecule has 2 aromatic rings. The minimum absolute atomic E-state index is 0.0320. The number of carbonyl (C=O) groups is 1. The van der Waals surface area contributed by atoms with E-state index in [9.17, 15) is 4.79 Å². The van der Waals surface area contributed by atoms with Crippen molar-refractivity contribution in [2.45, 2.75) is 32.6 Å². The molecule has 1 amide bonds. The molecule has 5 nitrogen and oxygen atoms in total. The van der Waals surface area contributed by atoms with Gasteiger partial charge in [0.2, 0.25) is 0 Å². The molecule has 5 heteroatoms. The Morgan fingerprint density at radius 3 is 2.72 bits per heavy atom. The maximum Gasteiger partial charge on any atom is 0.266 e. The summed E-state index contributed by atoms with van der Waals surface area (Å²) in [6.07, 6.45) is 7.04. The van der Waals surface area contributed by atoms with Crippen LogP contribution in [0.5, 0.6) is 5.75 Å². The number of benzene rings is 1. The fourth-order valence-corrected chi connectivity index (χ4v) is 4.42. The first-order valence-corrected chi connectivity index (χ1v) is 9.18. The predicted molar refractivity (Wildman–Crippen MR) is 96.6 cm³/mol. The van der Waals surface area contributed by atoms with E-state index < -0.39 is 0 Å². The van der Waals surface area contributed by atoms with E-state index in [0.717, 1.165) is 24.1 Å². The zero-order valence-electron chi connectivity index (χ0n) is 14.6. The van der Waals surface area contributed by atoms with Gasteiger partial charge in [-0.3, -0.25) is 14.8 Å². The highest BCUT2D eigenvalue weighted by Crippen LogP contribution is 2.48. The highest BCUT2D eigenvalue weighted by molar-refractivity contribution is 5.93. The molecule has 0 saturated heterocycles. The summed E-state index contributed by atoms with van der Waals surface area (Å²) < 4.78 is 5.70. The number of aromatic nitrogens is 2. The average Bonchev–Trinajstić information content (AvgIpc) is 3.36. The van der Waals surface area contributed by atoms with Crippen LogP contribution in [0.4, 0.5) is 5.82 Å². The van der Waals surface area contributed by atoms with E-state index in [-0.39, 0.29) is 12.5 Å². The number of carbonyl (C=O) groups excluding carboxylic acids is 1. The third-order valence-electron chi connectivity index (χ3n) is 5.75. The molecule has 0 spiro atoms. The Balaban J connectivity index is 1.42. The van der Waals surface area contributed by atoms with Crippen molar-refractivity contribution < 1.29 is 9.53 Å². The summed E-state index contributed by atoms with van der Waals surface area (Å²) in [4.78, 5) is 14.6. The number of nitrogens with one attached hydrogen (secondary N) is 1. The Bertz CT molecular complexity index is 711. The molecule has 2 bridgehead atoms. The van der Waals surface area contributed by atoms with Crippen LogP contribution in [0.1, 0.15) is 31.2 Å². The molecule has 1 aromatic carbocycles. The van der Waals surface area contributed by atoms with Gasteiger partial charge in [0.15, 0.2) is 12.4 Å². The molecule has 2 fully saturated rings. The van der Waals surface area contributed by atoms with Crippen molar-refractivity contribution >= 4 is 11.7 Å². The Morgan fingerprint density at radius 1 is 1.24 bits per heavy atom. The van der Waals surface area contributed by atoms with Crippen LogP contribution in [-0.2, 0) is 4.79 Å². The number of fused-ring (bicyclic) bond motifs is 2. The zero-order valence-corrected chi connectivity index (χ0v) is 14.6. The smallest absolute Gasteiger partial charge is 0.266 e. The largest absolute Gasteiger partial charge is 0.484 e. The highest BCUT2D eigenvalue weighted by atomic mass is 16.5. The number of amides is 1. The molecular weight excluding hydrogens is 314 g/mol. The van der Waals surface area contributed by atoms with Crippen molar-refractivity contribution in [2.75, 3.05) is 18.1 Å². The Labute approximate surface area is 148 Å². The molecule has 1 aromatic heterocycles. The molecule has 0 aliphatic heterocycles. The van der Waals surface area contributed by atoms with Crippen molar-refractivity contribution in [1.29, 1.82) is 0 Å². The van der Waals surface area contributed by atoms with Crippen LogP contribution in [0, 0.1) is 24.7 Å². The lowest BCUT2D eigenvalue weighted by Gasteiger charge is -2.28. The second-order valence-corrected chi connectivity index (χ2v) is 7.47. The lowest BCUT2D eigenvalue weighted by Crippen LogP contribution is -2.40. The van der Waals surface area contributed by atoms with Gasteiger partial charge >= 0.3 is 0 Å². The monoisotopic (exact) mass is 339 g/mol. The Kier molecular flexibility index (Phi) is 4.47. The van der Waals surface area contributed by atoms with E-state index in [4.69, 9.17) is 4.74 Å². The SMILES string of the molecule is Cc1ccc(OCC(=O)N(CC2CC3CCC2C3)c2cc[nH]n2)cc1. The fraction of sp³-hybridized carbons (Fsp3) is 0.500. The Hall–Kier alpha value is -2.30. The second kappa shape index (κ2) is 6.90. The summed E-state index contributed by atoms with van der Waals surface area (Å²) in [7, 11) is 0. The topological polar surface area (TPSA) is 58.2 Å². The number of hydrogen-bond acceptors (Lipinski definition) is 3. The van der Waals surface area contributed by atoms with Gasteiger partial charge in [-0.05, 0) is 56.1 Å². The standard InChI is InChI=1S/C20H25N3O2/c1-14-2-6-18(7-3-14)25-13-20(24)23(19-8-9-21-22-19)12-17-11-15-4-5-16(17)10-15/h2-3,6-9,15-17H,4-5,10-13H2,1H3,(H,21,22). The van der Waals surface area contributed by atoms with Gasteiger partial charge in [-0.2, -0.15) is 5.10 Å². The molecule has 132 valence electrons. The number of nitrogens with zero attached hydrogens (tertiary/aromatic N) is 2. The van der Waals surface area contributed by atoms with Crippen LogP contribution < -0.4 is 9.64 Å². The quantitative estimate of drug-likeness (QED) is 0.875. The molecule has 0 radical (unpaired) electrons. The highest BCUT2D eigenvalue weighted by Gasteiger charge is 2.41. The van der Waals surface area contributed by atoms with Gasteiger partial charge in [0, 0.05) is 18.8 Å². The summed E-state index contributed by atoms with van der Waals surface area (Å²) in [5, 5.41) is 7.05. The fourth-order valence-electron chi connectivity index (χ4n) is 4.42. The first-order chi connectivity index (χ1) is 12.2. The number of aromatic amines is 1. The molecule has 25 heavy (non-hydrogen) atoms. The number of aryl methyl sites for hydroxylation is 1. The molecule has 4 rings (SSSR count). The van der Waals surface area contributed by atoms with E-state index in [1.807, 2.05) is 37.3 Å². The van der Waals surface area contributed by atoms with Crippen LogP contribution in [0.2, 0.25) is 0 Å². The van der Waals surface area contributed by atoms with Crippen molar-refractivity contribution in [1.82, 2.24) is 10.2 Å². The Morgan fingerprint density at radius 2 is 2.08 bits per heavy atom. The van der Waals surface area contributed by atoms with Crippen LogP contribution in [0.15, 0.2) is 36.5 Å². The third kappa shape index (κ3) is 3.55. The molecule has 1 N–H and O–H groups in total. The van der Waals surface area contributed by atoms with Crippen LogP contribution in [0.3, 0.4) is 0 Å². The van der Waals surface area contributed by atoms with Crippen LogP contribution in [-0.4, -0.2) is 29.3 Å². The number of anilines is 1. The van der Waals surface area contributed by atoms with Crippen LogP contribution >= 0.6 is 0 Å². The minimum atomic E-state index is -0.0320. The van der Waals surface area contributed by atoms with Gasteiger partial charge in [-0.15, -0.1) is 0 Å². The molecule has 1 heterocycles. The van der Waals surface area contributed by atoms with Gasteiger partial charge in [0.25, 0.3) is 5.91 Å². The van der Waals surface area contributed by atoms with Crippen molar-refractivity contribution in [2.24, 2.45) is 17.8 Å². The van der Waals surface area contributed by atoms with Crippen molar-refractivity contribution in [3.8, 4) is 5.75 Å². The zero-order chi connectivity index (χ0) is 17.2. The van der Waals surface area contributed by atoms with Crippen molar-refractivity contribution in [3.05, 3.63) is 42.1 Å². The average molecular weight is 339 g/mol. The first kappa shape index (κ1) is 16.2. The normalized spacial score (nSPS) is 24.4. The van der Waals surface area contributed by atoms with E-state index in [1.54, 1.807) is 11.1 Å². The number of hydrogen-bond donors (Lipinski definition) is 1. The van der Waals surface area contributed by atoms with Gasteiger partial charge in [-0.25, -0.2) is 0 Å². The van der Waals surface area contributed by atoms with E-state index in [0.29, 0.717) is 11.7 Å². The molecule has 2 aliphatic rings. The van der Waals surface area contributed by atoms with Gasteiger partial charge in [0.1, 0.15) is 5.75 Å². The van der Waals surface area contributed by atoms with Crippen LogP contribution in [0.25, 0.3) is 0 Å². The van der Waals surface area contributed by atoms with Gasteiger partial charge < -0.3 is 4.74 Å². The van der Waals surface area contributed by atoms with Crippen molar-refractivity contribution in [3.63, 3.8) is 0 Å². The summed E-state index contributed by atoms with van der Waals surface area (Å²) in [5.41, 5.74) is 1.17. The molecule has 3 atom stereocenters. The van der Waals surface area contributed by atoms with E-state index in [2.05, 4.69) is 10.2 Å². The minimum Gasteiger partial charge on any atom is -0.484 e. The van der Waals surface area contributed by atoms with Gasteiger partial charge in [0.05, 0.1) is 0 Å². The summed E-state index contributed by atoms with van der Waals surface area (Å²) in [5.74, 6) is 3.63. The number of rotatable bonds is 6.